The molecule has 0 aromatic rings. The third-order valence-electron chi connectivity index (χ3n) is 1.47. The molecule has 4 heteroatoms. The van der Waals surface area contributed by atoms with Crippen molar-refractivity contribution in [2.24, 2.45) is 0 Å². The predicted molar refractivity (Wildman–Crippen MR) is 39.2 cm³/mol. The van der Waals surface area contributed by atoms with Gasteiger partial charge in [0.2, 0.25) is 4.33 Å². The number of ether oxygens (including phenoxy) is 1. The van der Waals surface area contributed by atoms with Gasteiger partial charge in [-0.15, -0.1) is 0 Å². The van der Waals surface area contributed by atoms with Gasteiger partial charge in [-0.1, -0.05) is 23.2 Å². The highest BCUT2D eigenvalue weighted by Crippen LogP contribution is 2.33. The van der Waals surface area contributed by atoms with Crippen molar-refractivity contribution in [2.75, 3.05) is 0 Å². The molecule has 0 aliphatic carbocycles. The minimum Gasteiger partial charge on any atom is -0.460 e. The lowest BCUT2D eigenvalue weighted by atomic mass is 10.1. The van der Waals surface area contributed by atoms with E-state index in [-0.39, 0.29) is 6.10 Å². The van der Waals surface area contributed by atoms with E-state index in [1.54, 1.807) is 0 Å². The quantitative estimate of drug-likeness (QED) is 0.423. The van der Waals surface area contributed by atoms with Crippen molar-refractivity contribution in [3.05, 3.63) is 0 Å². The van der Waals surface area contributed by atoms with Gasteiger partial charge in [-0.2, -0.15) is 0 Å². The van der Waals surface area contributed by atoms with Gasteiger partial charge in [-0.05, 0) is 19.8 Å². The van der Waals surface area contributed by atoms with Crippen LogP contribution in [0.5, 0.6) is 0 Å². The van der Waals surface area contributed by atoms with Gasteiger partial charge >= 0.3 is 5.97 Å². The van der Waals surface area contributed by atoms with Gasteiger partial charge in [0.1, 0.15) is 0 Å². The molecular weight excluding hydrogens is 175 g/mol. The minimum absolute atomic E-state index is 0.0434. The Balaban J connectivity index is 2.61. The van der Waals surface area contributed by atoms with Crippen LogP contribution in [0.2, 0.25) is 0 Å². The molecule has 0 bridgehead atoms. The standard InChI is InChI=1S/C6H8Cl2O2/c1-4-2-3-6(7,8)5(9)10-4/h4H,2-3H2,1H3. The van der Waals surface area contributed by atoms with Crippen LogP contribution in [-0.4, -0.2) is 16.4 Å². The van der Waals surface area contributed by atoms with Gasteiger partial charge in [0.25, 0.3) is 0 Å². The first-order chi connectivity index (χ1) is 4.52. The zero-order valence-electron chi connectivity index (χ0n) is 5.56. The topological polar surface area (TPSA) is 26.3 Å². The van der Waals surface area contributed by atoms with E-state index in [2.05, 4.69) is 0 Å². The van der Waals surface area contributed by atoms with Crippen molar-refractivity contribution in [1.82, 2.24) is 0 Å². The zero-order valence-corrected chi connectivity index (χ0v) is 7.08. The smallest absolute Gasteiger partial charge is 0.342 e. The maximum absolute atomic E-state index is 10.8. The number of hydrogen-bond acceptors (Lipinski definition) is 2. The van der Waals surface area contributed by atoms with Crippen LogP contribution >= 0.6 is 23.2 Å². The molecule has 1 unspecified atom stereocenters. The van der Waals surface area contributed by atoms with E-state index in [1.165, 1.54) is 0 Å². The van der Waals surface area contributed by atoms with Gasteiger partial charge in [-0.3, -0.25) is 0 Å². The fourth-order valence-corrected chi connectivity index (χ4v) is 1.12. The molecule has 1 aliphatic heterocycles. The van der Waals surface area contributed by atoms with Crippen LogP contribution < -0.4 is 0 Å². The van der Waals surface area contributed by atoms with Crippen LogP contribution in [0.1, 0.15) is 19.8 Å². The number of rotatable bonds is 0. The van der Waals surface area contributed by atoms with Crippen LogP contribution in [0.4, 0.5) is 0 Å². The lowest BCUT2D eigenvalue weighted by Crippen LogP contribution is -2.37. The van der Waals surface area contributed by atoms with Crippen molar-refractivity contribution in [3.63, 3.8) is 0 Å². The Morgan fingerprint density at radius 2 is 2.30 bits per heavy atom. The number of carbonyl (C=O) groups is 1. The fourth-order valence-electron chi connectivity index (χ4n) is 0.814. The third kappa shape index (κ3) is 1.55. The maximum Gasteiger partial charge on any atom is 0.342 e. The number of halogens is 2. The highest BCUT2D eigenvalue weighted by molar-refractivity contribution is 6.57. The van der Waals surface area contributed by atoms with Crippen molar-refractivity contribution < 1.29 is 9.53 Å². The summed E-state index contributed by atoms with van der Waals surface area (Å²) in [5, 5.41) is 0. The highest BCUT2D eigenvalue weighted by Gasteiger charge is 2.40. The molecule has 0 spiro atoms. The Kier molecular flexibility index (Phi) is 2.11. The summed E-state index contributed by atoms with van der Waals surface area (Å²) in [4.78, 5) is 10.8. The zero-order chi connectivity index (χ0) is 7.78. The molecule has 0 aromatic heterocycles. The summed E-state index contributed by atoms with van der Waals surface area (Å²) in [7, 11) is 0. The summed E-state index contributed by atoms with van der Waals surface area (Å²) in [5.74, 6) is -0.519. The molecule has 1 rings (SSSR count). The van der Waals surface area contributed by atoms with Crippen molar-refractivity contribution in [3.8, 4) is 0 Å². The number of cyclic esters (lactones) is 1. The van der Waals surface area contributed by atoms with E-state index >= 15 is 0 Å². The van der Waals surface area contributed by atoms with E-state index in [9.17, 15) is 4.79 Å². The first-order valence-electron chi connectivity index (χ1n) is 3.11. The second-order valence-electron chi connectivity index (χ2n) is 2.46. The Hall–Kier alpha value is 0.0500. The van der Waals surface area contributed by atoms with Crippen molar-refractivity contribution in [2.45, 2.75) is 30.2 Å². The lowest BCUT2D eigenvalue weighted by molar-refractivity contribution is -0.153. The summed E-state index contributed by atoms with van der Waals surface area (Å²) in [6.07, 6.45) is 1.17. The van der Waals surface area contributed by atoms with Gasteiger partial charge in [0, 0.05) is 0 Å². The fraction of sp³-hybridized carbons (Fsp3) is 0.833. The molecule has 0 radical (unpaired) electrons. The average molecular weight is 183 g/mol. The second kappa shape index (κ2) is 2.59. The van der Waals surface area contributed by atoms with Crippen molar-refractivity contribution >= 4 is 29.2 Å². The van der Waals surface area contributed by atoms with Gasteiger partial charge in [-0.25, -0.2) is 4.79 Å². The number of esters is 1. The van der Waals surface area contributed by atoms with Gasteiger partial charge < -0.3 is 4.74 Å². The summed E-state index contributed by atoms with van der Waals surface area (Å²) < 4.78 is 3.50. The van der Waals surface area contributed by atoms with Crippen LogP contribution in [0.15, 0.2) is 0 Å². The summed E-state index contributed by atoms with van der Waals surface area (Å²) in [6.45, 7) is 1.82. The predicted octanol–water partition coefficient (Wildman–Crippen LogP) is 1.89. The van der Waals surface area contributed by atoms with Crippen LogP contribution in [0.25, 0.3) is 0 Å². The maximum atomic E-state index is 10.8. The molecule has 0 aromatic carbocycles. The summed E-state index contributed by atoms with van der Waals surface area (Å²) in [6, 6.07) is 0. The van der Waals surface area contributed by atoms with Crippen LogP contribution in [0, 0.1) is 0 Å². The molecular formula is C6H8Cl2O2. The third-order valence-corrected chi connectivity index (χ3v) is 2.16. The van der Waals surface area contributed by atoms with Crippen LogP contribution in [-0.2, 0) is 9.53 Å². The first-order valence-corrected chi connectivity index (χ1v) is 3.87. The lowest BCUT2D eigenvalue weighted by Gasteiger charge is -2.27. The summed E-state index contributed by atoms with van der Waals surface area (Å²) in [5.41, 5.74) is 0. The largest absolute Gasteiger partial charge is 0.460 e. The van der Waals surface area contributed by atoms with Gasteiger partial charge in [0.15, 0.2) is 0 Å². The Labute approximate surface area is 69.4 Å². The van der Waals surface area contributed by atoms with Crippen LogP contribution in [0.3, 0.4) is 0 Å². The normalized spacial score (nSPS) is 31.5. The molecule has 1 heterocycles. The second-order valence-corrected chi connectivity index (χ2v) is 3.94. The number of carbonyl (C=O) groups excluding carboxylic acids is 1. The minimum atomic E-state index is -1.30. The van der Waals surface area contributed by atoms with E-state index in [1.807, 2.05) is 6.92 Å². The van der Waals surface area contributed by atoms with E-state index < -0.39 is 10.3 Å². The first kappa shape index (κ1) is 8.15. The van der Waals surface area contributed by atoms with Crippen molar-refractivity contribution in [1.29, 1.82) is 0 Å². The molecule has 2 nitrogen and oxygen atoms in total. The molecule has 10 heavy (non-hydrogen) atoms. The molecule has 1 atom stereocenters. The molecule has 58 valence electrons. The molecule has 0 saturated carbocycles. The van der Waals surface area contributed by atoms with E-state index in [4.69, 9.17) is 27.9 Å². The Morgan fingerprint density at radius 3 is 2.70 bits per heavy atom. The number of hydrogen-bond donors (Lipinski definition) is 0. The summed E-state index contributed by atoms with van der Waals surface area (Å²) >= 11 is 11.2. The molecule has 1 aliphatic rings. The number of alkyl halides is 2. The molecule has 1 fully saturated rings. The SMILES string of the molecule is CC1CCC(Cl)(Cl)C(=O)O1. The molecule has 0 N–H and O–H groups in total. The molecule has 1 saturated heterocycles. The molecule has 0 amide bonds. The monoisotopic (exact) mass is 182 g/mol. The van der Waals surface area contributed by atoms with Gasteiger partial charge in [0.05, 0.1) is 6.10 Å². The van der Waals surface area contributed by atoms with E-state index in [0.717, 1.165) is 6.42 Å². The van der Waals surface area contributed by atoms with E-state index in [0.29, 0.717) is 6.42 Å². The Bertz CT molecular complexity index is 156. The Morgan fingerprint density at radius 1 is 1.70 bits per heavy atom. The highest BCUT2D eigenvalue weighted by atomic mass is 35.5. The average Bonchev–Trinajstić information content (AvgIpc) is 1.81.